The number of benzene rings is 2. The van der Waals surface area contributed by atoms with E-state index < -0.39 is 47.9 Å². The predicted octanol–water partition coefficient (Wildman–Crippen LogP) is 2.83. The van der Waals surface area contributed by atoms with Crippen LogP contribution in [0.2, 0.25) is 0 Å². The first-order valence-electron chi connectivity index (χ1n) is 16.4. The molecule has 0 spiro atoms. The Labute approximate surface area is 278 Å². The number of hydrogen-bond acceptors (Lipinski definition) is 7. The number of rotatable bonds is 23. The predicted molar refractivity (Wildman–Crippen MR) is 182 cm³/mol. The quantitative estimate of drug-likeness (QED) is 0.0452. The Morgan fingerprint density at radius 2 is 1.26 bits per heavy atom. The van der Waals surface area contributed by atoms with Gasteiger partial charge in [-0.05, 0) is 56.1 Å². The van der Waals surface area contributed by atoms with Crippen molar-refractivity contribution in [1.82, 2.24) is 16.0 Å². The molecule has 258 valence electrons. The lowest BCUT2D eigenvalue weighted by Gasteiger charge is -2.27. The van der Waals surface area contributed by atoms with Crippen LogP contribution in [0.15, 0.2) is 65.7 Å². The van der Waals surface area contributed by atoms with Gasteiger partial charge in [0.05, 0.1) is 13.2 Å². The van der Waals surface area contributed by atoms with Gasteiger partial charge < -0.3 is 31.9 Å². The van der Waals surface area contributed by atoms with Crippen LogP contribution in [0.4, 0.5) is 0 Å². The maximum atomic E-state index is 13.8. The zero-order valence-electron chi connectivity index (χ0n) is 27.7. The first-order chi connectivity index (χ1) is 22.6. The summed E-state index contributed by atoms with van der Waals surface area (Å²) in [5.41, 5.74) is 12.9. The third kappa shape index (κ3) is 15.6. The number of carbonyl (C=O) groups excluding carboxylic acids is 3. The van der Waals surface area contributed by atoms with Crippen LogP contribution in [0, 0.1) is 0 Å². The number of ether oxygens (including phenoxy) is 1. The third-order valence-corrected chi connectivity index (χ3v) is 7.87. The van der Waals surface area contributed by atoms with Crippen molar-refractivity contribution in [3.63, 3.8) is 0 Å². The zero-order chi connectivity index (χ0) is 34.4. The van der Waals surface area contributed by atoms with Crippen LogP contribution in [0.5, 0.6) is 0 Å². The van der Waals surface area contributed by atoms with E-state index in [0.29, 0.717) is 38.5 Å². The van der Waals surface area contributed by atoms with Crippen molar-refractivity contribution in [3.05, 3.63) is 71.8 Å². The lowest BCUT2D eigenvalue weighted by Crippen LogP contribution is -2.57. The Kier molecular flexibility index (Phi) is 18.2. The van der Waals surface area contributed by atoms with Gasteiger partial charge in [-0.15, -0.1) is 0 Å². The van der Waals surface area contributed by atoms with Crippen molar-refractivity contribution in [1.29, 1.82) is 0 Å². The van der Waals surface area contributed by atoms with Crippen LogP contribution >= 0.6 is 0 Å². The van der Waals surface area contributed by atoms with Gasteiger partial charge in [-0.25, -0.2) is 4.79 Å². The first-order valence-corrected chi connectivity index (χ1v) is 16.4. The van der Waals surface area contributed by atoms with Gasteiger partial charge in [0.2, 0.25) is 11.8 Å². The molecular formula is C35H52N6O6. The summed E-state index contributed by atoms with van der Waals surface area (Å²) in [5, 5.41) is 18.6. The Balaban J connectivity index is 2.26. The van der Waals surface area contributed by atoms with E-state index in [-0.39, 0.29) is 25.3 Å². The SMILES string of the molecule is CCCCCCC(N[C@@H](CCc1ccccc1)C(=O)N[C@@H](CCCN=C(N)N)C(=O)N[C@@H](CCc1ccccc1)C(=O)OC)C(=O)O. The van der Waals surface area contributed by atoms with E-state index in [1.807, 2.05) is 60.7 Å². The molecule has 0 aliphatic rings. The number of hydrogen-bond donors (Lipinski definition) is 6. The number of carboxylic acid groups (broad SMARTS) is 1. The fraction of sp³-hybridized carbons (Fsp3) is 0.514. The molecule has 0 aliphatic heterocycles. The number of aryl methyl sites for hydroxylation is 2. The summed E-state index contributed by atoms with van der Waals surface area (Å²) in [4.78, 5) is 56.3. The number of aliphatic imine (C=N–C) groups is 1. The molecule has 2 rings (SSSR count). The van der Waals surface area contributed by atoms with Gasteiger partial charge in [-0.3, -0.25) is 24.7 Å². The van der Waals surface area contributed by atoms with E-state index in [1.165, 1.54) is 7.11 Å². The second-order valence-electron chi connectivity index (χ2n) is 11.6. The summed E-state index contributed by atoms with van der Waals surface area (Å²) < 4.78 is 4.96. The number of carbonyl (C=O) groups is 4. The zero-order valence-corrected chi connectivity index (χ0v) is 27.7. The molecule has 12 nitrogen and oxygen atoms in total. The highest BCUT2D eigenvalue weighted by Crippen LogP contribution is 2.12. The van der Waals surface area contributed by atoms with Crippen LogP contribution in [-0.2, 0) is 36.8 Å². The number of nitrogens with zero attached hydrogens (tertiary/aromatic N) is 1. The van der Waals surface area contributed by atoms with Crippen molar-refractivity contribution >= 4 is 29.7 Å². The lowest BCUT2D eigenvalue weighted by molar-refractivity contribution is -0.145. The highest BCUT2D eigenvalue weighted by molar-refractivity contribution is 5.92. The van der Waals surface area contributed by atoms with Crippen molar-refractivity contribution in [2.24, 2.45) is 16.5 Å². The van der Waals surface area contributed by atoms with Crippen molar-refractivity contribution < 1.29 is 29.0 Å². The molecule has 2 aromatic carbocycles. The second-order valence-corrected chi connectivity index (χ2v) is 11.6. The van der Waals surface area contributed by atoms with E-state index >= 15 is 0 Å². The summed E-state index contributed by atoms with van der Waals surface area (Å²) >= 11 is 0. The van der Waals surface area contributed by atoms with E-state index in [4.69, 9.17) is 16.2 Å². The minimum Gasteiger partial charge on any atom is -0.480 e. The summed E-state index contributed by atoms with van der Waals surface area (Å²) in [5.74, 6) is -2.81. The molecule has 2 amide bonds. The molecular weight excluding hydrogens is 600 g/mol. The average molecular weight is 653 g/mol. The molecule has 1 unspecified atom stereocenters. The molecule has 0 fully saturated rings. The summed E-state index contributed by atoms with van der Waals surface area (Å²) in [6, 6.07) is 15.3. The van der Waals surface area contributed by atoms with Gasteiger partial charge in [0.25, 0.3) is 0 Å². The molecule has 0 heterocycles. The molecule has 0 bridgehead atoms. The van der Waals surface area contributed by atoms with E-state index in [0.717, 1.165) is 30.4 Å². The number of esters is 1. The highest BCUT2D eigenvalue weighted by atomic mass is 16.5. The Bertz CT molecular complexity index is 1260. The third-order valence-electron chi connectivity index (χ3n) is 7.87. The minimum atomic E-state index is -1.05. The first kappa shape index (κ1) is 38.7. The smallest absolute Gasteiger partial charge is 0.328 e. The Hall–Kier alpha value is -4.45. The van der Waals surface area contributed by atoms with Crippen LogP contribution in [0.3, 0.4) is 0 Å². The maximum Gasteiger partial charge on any atom is 0.328 e. The minimum absolute atomic E-state index is 0.0921. The Morgan fingerprint density at radius 3 is 1.79 bits per heavy atom. The number of nitrogens with one attached hydrogen (secondary N) is 3. The topological polar surface area (TPSA) is 198 Å². The van der Waals surface area contributed by atoms with E-state index in [2.05, 4.69) is 27.9 Å². The lowest BCUT2D eigenvalue weighted by atomic mass is 10.0. The molecule has 0 saturated carbocycles. The summed E-state index contributed by atoms with van der Waals surface area (Å²) in [7, 11) is 1.25. The number of unbranched alkanes of at least 4 members (excludes halogenated alkanes) is 3. The molecule has 0 radical (unpaired) electrons. The monoisotopic (exact) mass is 652 g/mol. The normalized spacial score (nSPS) is 13.4. The van der Waals surface area contributed by atoms with E-state index in [9.17, 15) is 24.3 Å². The van der Waals surface area contributed by atoms with Gasteiger partial charge in [-0.2, -0.15) is 0 Å². The number of methoxy groups -OCH3 is 1. The van der Waals surface area contributed by atoms with Gasteiger partial charge in [0.15, 0.2) is 5.96 Å². The molecule has 12 heteroatoms. The molecule has 8 N–H and O–H groups in total. The fourth-order valence-electron chi connectivity index (χ4n) is 5.21. The number of guanidine groups is 1. The molecule has 4 atom stereocenters. The maximum absolute atomic E-state index is 13.8. The van der Waals surface area contributed by atoms with E-state index in [1.54, 1.807) is 0 Å². The van der Waals surface area contributed by atoms with Crippen molar-refractivity contribution in [2.45, 2.75) is 102 Å². The highest BCUT2D eigenvalue weighted by Gasteiger charge is 2.31. The molecule has 0 aromatic heterocycles. The molecule has 47 heavy (non-hydrogen) atoms. The second kappa shape index (κ2) is 22.1. The molecule has 0 saturated heterocycles. The van der Waals surface area contributed by atoms with Crippen molar-refractivity contribution in [2.75, 3.05) is 13.7 Å². The van der Waals surface area contributed by atoms with Gasteiger partial charge in [0, 0.05) is 6.54 Å². The van der Waals surface area contributed by atoms with Crippen LogP contribution < -0.4 is 27.4 Å². The fourth-order valence-corrected chi connectivity index (χ4v) is 5.21. The summed E-state index contributed by atoms with van der Waals surface area (Å²) in [6.45, 7) is 2.31. The number of aliphatic carboxylic acids is 1. The van der Waals surface area contributed by atoms with Crippen molar-refractivity contribution in [3.8, 4) is 0 Å². The largest absolute Gasteiger partial charge is 0.480 e. The number of nitrogens with two attached hydrogens (primary N) is 2. The van der Waals surface area contributed by atoms with Crippen LogP contribution in [-0.4, -0.2) is 72.6 Å². The standard InChI is InChI=1S/C35H52N6O6/c1-3-4-5-12-18-29(33(44)45)39-28(22-20-25-14-8-6-9-15-25)32(43)40-27(19-13-24-38-35(36)37)31(42)41-30(34(46)47-2)23-21-26-16-10-7-11-17-26/h6-11,14-17,27-30,39H,3-5,12-13,18-24H2,1-2H3,(H,40,43)(H,41,42)(H,44,45)(H4,36,37,38)/t27-,28-,29?,30-/m0/s1. The van der Waals surface area contributed by atoms with Crippen LogP contribution in [0.25, 0.3) is 0 Å². The van der Waals surface area contributed by atoms with Gasteiger partial charge in [0.1, 0.15) is 18.1 Å². The molecule has 2 aromatic rings. The average Bonchev–Trinajstić information content (AvgIpc) is 3.07. The van der Waals surface area contributed by atoms with Crippen LogP contribution in [0.1, 0.15) is 75.8 Å². The number of amides is 2. The molecule has 0 aliphatic carbocycles. The van der Waals surface area contributed by atoms with Gasteiger partial charge in [-0.1, -0.05) is 93.3 Å². The Morgan fingerprint density at radius 1 is 0.723 bits per heavy atom. The van der Waals surface area contributed by atoms with Gasteiger partial charge >= 0.3 is 11.9 Å². The summed E-state index contributed by atoms with van der Waals surface area (Å²) in [6.07, 6.45) is 6.14. The number of carboxylic acids is 1.